The second kappa shape index (κ2) is 4.00. The molecular weight excluding hydrogens is 158 g/mol. The first-order valence-corrected chi connectivity index (χ1v) is 4.94. The van der Waals surface area contributed by atoms with E-state index in [0.717, 1.165) is 12.1 Å². The van der Waals surface area contributed by atoms with Crippen LogP contribution in [0.3, 0.4) is 0 Å². The van der Waals surface area contributed by atoms with Gasteiger partial charge in [-0.2, -0.15) is 4.40 Å². The van der Waals surface area contributed by atoms with E-state index in [2.05, 4.69) is 4.40 Å². The lowest BCUT2D eigenvalue weighted by Gasteiger charge is -2.13. The minimum Gasteiger partial charge on any atom is -0.234 e. The summed E-state index contributed by atoms with van der Waals surface area (Å²) in [5.41, 5.74) is 0.957. The highest BCUT2D eigenvalue weighted by Gasteiger charge is 2.18. The van der Waals surface area contributed by atoms with Crippen LogP contribution in [0.1, 0.15) is 41.0 Å². The van der Waals surface area contributed by atoms with Crippen molar-refractivity contribution in [1.29, 1.82) is 0 Å². The van der Waals surface area contributed by atoms with Crippen molar-refractivity contribution in [3.63, 3.8) is 0 Å². The largest absolute Gasteiger partial charge is 0.234 e. The van der Waals surface area contributed by atoms with Crippen LogP contribution in [0.15, 0.2) is 4.40 Å². The Morgan fingerprint density at radius 1 is 1.45 bits per heavy atom. The van der Waals surface area contributed by atoms with Crippen LogP contribution in [0.5, 0.6) is 0 Å². The molecule has 0 aromatic rings. The Kier molecular flexibility index (Phi) is 3.93. The van der Waals surface area contributed by atoms with E-state index in [-0.39, 0.29) is 4.75 Å². The quantitative estimate of drug-likeness (QED) is 0.592. The zero-order chi connectivity index (χ0) is 9.07. The van der Waals surface area contributed by atoms with E-state index in [4.69, 9.17) is 0 Å². The molecule has 0 aliphatic heterocycles. The van der Waals surface area contributed by atoms with Gasteiger partial charge < -0.3 is 0 Å². The lowest BCUT2D eigenvalue weighted by Crippen LogP contribution is -2.20. The number of hydrogen-bond acceptors (Lipinski definition) is 1. The van der Waals surface area contributed by atoms with E-state index >= 15 is 0 Å². The lowest BCUT2D eigenvalue weighted by molar-refractivity contribution is 0.650. The van der Waals surface area contributed by atoms with Gasteiger partial charge in [0.1, 0.15) is 11.0 Å². The molecule has 3 heteroatoms. The summed E-state index contributed by atoms with van der Waals surface area (Å²) in [6, 6.07) is 0. The molecule has 0 heterocycles. The highest BCUT2D eigenvalue weighted by atomic mass is 32.2. The van der Waals surface area contributed by atoms with Gasteiger partial charge >= 0.3 is 0 Å². The van der Waals surface area contributed by atoms with E-state index < -0.39 is 11.0 Å². The monoisotopic (exact) mass is 175 g/mol. The Hall–Kier alpha value is -0.180. The van der Waals surface area contributed by atoms with Crippen molar-refractivity contribution in [2.24, 2.45) is 4.40 Å². The molecule has 1 unspecified atom stereocenters. The van der Waals surface area contributed by atoms with Crippen molar-refractivity contribution in [3.05, 3.63) is 0 Å². The standard InChI is InChI=1S/C8H17NOS/c1-6-7(2)9-11(10)8(3,4)5/h6H2,1-5H3. The molecule has 0 amide bonds. The van der Waals surface area contributed by atoms with Crippen LogP contribution in [-0.4, -0.2) is 14.7 Å². The van der Waals surface area contributed by atoms with Gasteiger partial charge in [0.15, 0.2) is 0 Å². The van der Waals surface area contributed by atoms with Gasteiger partial charge in [0.2, 0.25) is 0 Å². The molecular formula is C8H17NOS. The maximum absolute atomic E-state index is 11.4. The maximum atomic E-state index is 11.4. The van der Waals surface area contributed by atoms with Gasteiger partial charge in [-0.25, -0.2) is 4.21 Å². The van der Waals surface area contributed by atoms with E-state index in [1.165, 1.54) is 0 Å². The van der Waals surface area contributed by atoms with Crippen molar-refractivity contribution in [2.75, 3.05) is 0 Å². The van der Waals surface area contributed by atoms with Gasteiger partial charge in [-0.05, 0) is 34.1 Å². The minimum atomic E-state index is -1.08. The zero-order valence-corrected chi connectivity index (χ0v) is 8.79. The Balaban J connectivity index is 4.30. The molecule has 0 aromatic carbocycles. The Morgan fingerprint density at radius 3 is 2.18 bits per heavy atom. The summed E-state index contributed by atoms with van der Waals surface area (Å²) in [4.78, 5) is 0. The average Bonchev–Trinajstić information content (AvgIpc) is 1.85. The van der Waals surface area contributed by atoms with Gasteiger partial charge in [0.25, 0.3) is 0 Å². The third-order valence-electron chi connectivity index (χ3n) is 1.27. The summed E-state index contributed by atoms with van der Waals surface area (Å²) in [6.07, 6.45) is 0.877. The molecule has 0 aromatic heterocycles. The Morgan fingerprint density at radius 2 is 1.91 bits per heavy atom. The fraction of sp³-hybridized carbons (Fsp3) is 0.875. The van der Waals surface area contributed by atoms with Gasteiger partial charge in [0, 0.05) is 5.71 Å². The van der Waals surface area contributed by atoms with Crippen LogP contribution < -0.4 is 0 Å². The fourth-order valence-corrected chi connectivity index (χ4v) is 1.03. The average molecular weight is 175 g/mol. The molecule has 1 atom stereocenters. The molecule has 66 valence electrons. The summed E-state index contributed by atoms with van der Waals surface area (Å²) in [7, 11) is -1.08. The number of hydrogen-bond donors (Lipinski definition) is 0. The molecule has 0 fully saturated rings. The highest BCUT2D eigenvalue weighted by molar-refractivity contribution is 7.85. The Bertz CT molecular complexity index is 179. The molecule has 0 rings (SSSR count). The summed E-state index contributed by atoms with van der Waals surface area (Å²) in [6.45, 7) is 9.70. The number of nitrogens with zero attached hydrogens (tertiary/aromatic N) is 1. The second-order valence-corrected chi connectivity index (χ2v) is 5.45. The van der Waals surface area contributed by atoms with Gasteiger partial charge in [-0.1, -0.05) is 6.92 Å². The van der Waals surface area contributed by atoms with E-state index in [9.17, 15) is 4.21 Å². The predicted octanol–water partition coefficient (Wildman–Crippen LogP) is 2.32. The fourth-order valence-electron chi connectivity index (χ4n) is 0.343. The normalized spacial score (nSPS) is 16.6. The molecule has 11 heavy (non-hydrogen) atoms. The van der Waals surface area contributed by atoms with Crippen molar-refractivity contribution in [3.8, 4) is 0 Å². The van der Waals surface area contributed by atoms with Crippen LogP contribution in [0.4, 0.5) is 0 Å². The molecule has 0 spiro atoms. The smallest absolute Gasteiger partial charge is 0.144 e. The van der Waals surface area contributed by atoms with Gasteiger partial charge in [-0.15, -0.1) is 0 Å². The third-order valence-corrected chi connectivity index (χ3v) is 2.80. The molecule has 0 N–H and O–H groups in total. The molecule has 0 saturated heterocycles. The molecule has 0 radical (unpaired) electrons. The van der Waals surface area contributed by atoms with Gasteiger partial charge in [-0.3, -0.25) is 0 Å². The van der Waals surface area contributed by atoms with Crippen molar-refractivity contribution < 1.29 is 4.21 Å². The summed E-state index contributed by atoms with van der Waals surface area (Å²) in [5, 5.41) is 0. The van der Waals surface area contributed by atoms with Gasteiger partial charge in [0.05, 0.1) is 4.75 Å². The molecule has 0 aliphatic rings. The molecule has 0 bridgehead atoms. The molecule has 2 nitrogen and oxygen atoms in total. The predicted molar refractivity (Wildman–Crippen MR) is 51.3 cm³/mol. The lowest BCUT2D eigenvalue weighted by atomic mass is 10.3. The van der Waals surface area contributed by atoms with E-state index in [1.807, 2.05) is 34.6 Å². The van der Waals surface area contributed by atoms with E-state index in [0.29, 0.717) is 0 Å². The molecule has 0 saturated carbocycles. The van der Waals surface area contributed by atoms with Crippen LogP contribution >= 0.6 is 0 Å². The zero-order valence-electron chi connectivity index (χ0n) is 7.97. The topological polar surface area (TPSA) is 29.4 Å². The summed E-state index contributed by atoms with van der Waals surface area (Å²) >= 11 is 0. The first-order chi connectivity index (χ1) is 4.88. The van der Waals surface area contributed by atoms with Crippen LogP contribution in [0, 0.1) is 0 Å². The van der Waals surface area contributed by atoms with Crippen molar-refractivity contribution in [2.45, 2.75) is 45.8 Å². The summed E-state index contributed by atoms with van der Waals surface area (Å²) < 4.78 is 15.2. The first kappa shape index (κ1) is 10.8. The van der Waals surface area contributed by atoms with Crippen LogP contribution in [-0.2, 0) is 11.0 Å². The SMILES string of the molecule is CCC(C)=NS(=O)C(C)(C)C. The maximum Gasteiger partial charge on any atom is 0.144 e. The van der Waals surface area contributed by atoms with Crippen LogP contribution in [0.25, 0.3) is 0 Å². The highest BCUT2D eigenvalue weighted by Crippen LogP contribution is 2.12. The van der Waals surface area contributed by atoms with Crippen molar-refractivity contribution >= 4 is 16.7 Å². The number of rotatable bonds is 2. The van der Waals surface area contributed by atoms with E-state index in [1.54, 1.807) is 0 Å². The second-order valence-electron chi connectivity index (χ2n) is 3.54. The summed E-state index contributed by atoms with van der Waals surface area (Å²) in [5.74, 6) is 0. The first-order valence-electron chi connectivity index (χ1n) is 3.84. The van der Waals surface area contributed by atoms with Crippen molar-refractivity contribution in [1.82, 2.24) is 0 Å². The molecule has 0 aliphatic carbocycles. The third kappa shape index (κ3) is 4.30. The minimum absolute atomic E-state index is 0.226. The van der Waals surface area contributed by atoms with Crippen LogP contribution in [0.2, 0.25) is 0 Å². The Labute approximate surface area is 71.7 Å².